The number of fused-ring (bicyclic) bond motifs is 1. The molecule has 0 heterocycles. The number of aliphatic hydroxyl groups is 1. The summed E-state index contributed by atoms with van der Waals surface area (Å²) in [6.07, 6.45) is 0.540. The third-order valence-electron chi connectivity index (χ3n) is 3.08. The molecule has 1 atom stereocenters. The maximum atomic E-state index is 13.1. The second kappa shape index (κ2) is 3.27. The summed E-state index contributed by atoms with van der Waals surface area (Å²) in [4.78, 5) is 0. The molecule has 1 aliphatic rings. The molecule has 0 bridgehead atoms. The van der Waals surface area contributed by atoms with Crippen molar-refractivity contribution in [2.45, 2.75) is 38.2 Å². The number of benzene rings is 1. The molecule has 0 radical (unpaired) electrons. The van der Waals surface area contributed by atoms with Gasteiger partial charge in [-0.2, -0.15) is 0 Å². The molecule has 1 aliphatic carbocycles. The monoisotopic (exact) mass is 212 g/mol. The quantitative estimate of drug-likeness (QED) is 0.700. The highest BCUT2D eigenvalue weighted by molar-refractivity contribution is 5.37. The number of hydrogen-bond donors (Lipinski definition) is 1. The maximum absolute atomic E-state index is 13.1. The van der Waals surface area contributed by atoms with Gasteiger partial charge < -0.3 is 5.11 Å². The molecule has 0 amide bonds. The standard InChI is InChI=1S/C12H14F2O/c1-12(2)6-8(15)3-7-4-10(13)11(14)5-9(7)12/h4-5,8,15H,3,6H2,1-2H3/t8-/m0/s1. The Morgan fingerprint density at radius 2 is 1.87 bits per heavy atom. The Morgan fingerprint density at radius 1 is 1.27 bits per heavy atom. The normalized spacial score (nSPS) is 23.7. The smallest absolute Gasteiger partial charge is 0.159 e. The Kier molecular flexibility index (Phi) is 2.30. The zero-order valence-corrected chi connectivity index (χ0v) is 8.85. The van der Waals surface area contributed by atoms with Crippen LogP contribution in [0.2, 0.25) is 0 Å². The van der Waals surface area contributed by atoms with Gasteiger partial charge >= 0.3 is 0 Å². The van der Waals surface area contributed by atoms with E-state index in [2.05, 4.69) is 0 Å². The second-order valence-corrected chi connectivity index (χ2v) is 4.87. The third-order valence-corrected chi connectivity index (χ3v) is 3.08. The van der Waals surface area contributed by atoms with Crippen LogP contribution >= 0.6 is 0 Å². The number of hydrogen-bond acceptors (Lipinski definition) is 1. The van der Waals surface area contributed by atoms with Crippen molar-refractivity contribution >= 4 is 0 Å². The van der Waals surface area contributed by atoms with Crippen molar-refractivity contribution in [1.82, 2.24) is 0 Å². The average Bonchev–Trinajstić information content (AvgIpc) is 2.07. The third kappa shape index (κ3) is 1.76. The van der Waals surface area contributed by atoms with Crippen molar-refractivity contribution < 1.29 is 13.9 Å². The molecule has 0 spiro atoms. The highest BCUT2D eigenvalue weighted by Crippen LogP contribution is 2.37. The molecule has 2 rings (SSSR count). The molecule has 3 heteroatoms. The van der Waals surface area contributed by atoms with Crippen LogP contribution in [0, 0.1) is 11.6 Å². The van der Waals surface area contributed by atoms with Crippen LogP contribution in [0.15, 0.2) is 12.1 Å². The van der Waals surface area contributed by atoms with Crippen molar-refractivity contribution in [2.75, 3.05) is 0 Å². The van der Waals surface area contributed by atoms with E-state index in [4.69, 9.17) is 0 Å². The summed E-state index contributed by atoms with van der Waals surface area (Å²) >= 11 is 0. The van der Waals surface area contributed by atoms with Gasteiger partial charge in [-0.25, -0.2) is 8.78 Å². The Hall–Kier alpha value is -0.960. The summed E-state index contributed by atoms with van der Waals surface area (Å²) in [6.45, 7) is 3.87. The summed E-state index contributed by atoms with van der Waals surface area (Å²) in [7, 11) is 0. The van der Waals surface area contributed by atoms with Gasteiger partial charge in [0.05, 0.1) is 6.10 Å². The van der Waals surface area contributed by atoms with Gasteiger partial charge in [0.15, 0.2) is 11.6 Å². The SMILES string of the molecule is CC1(C)C[C@@H](O)Cc2cc(F)c(F)cc21. The summed E-state index contributed by atoms with van der Waals surface area (Å²) in [5.41, 5.74) is 1.24. The lowest BCUT2D eigenvalue weighted by atomic mass is 9.71. The lowest BCUT2D eigenvalue weighted by Gasteiger charge is -2.35. The molecular weight excluding hydrogens is 198 g/mol. The van der Waals surface area contributed by atoms with Gasteiger partial charge in [-0.3, -0.25) is 0 Å². The fourth-order valence-electron chi connectivity index (χ4n) is 2.41. The predicted octanol–water partition coefficient (Wildman–Crippen LogP) is 2.55. The highest BCUT2D eigenvalue weighted by atomic mass is 19.2. The topological polar surface area (TPSA) is 20.2 Å². The molecule has 0 aliphatic heterocycles. The van der Waals surface area contributed by atoms with E-state index < -0.39 is 17.7 Å². The van der Waals surface area contributed by atoms with E-state index in [0.29, 0.717) is 12.8 Å². The van der Waals surface area contributed by atoms with E-state index in [1.807, 2.05) is 13.8 Å². The molecule has 0 saturated heterocycles. The van der Waals surface area contributed by atoms with Crippen LogP contribution in [0.3, 0.4) is 0 Å². The first-order valence-electron chi connectivity index (χ1n) is 5.06. The van der Waals surface area contributed by atoms with Crippen molar-refractivity contribution in [3.63, 3.8) is 0 Å². The molecule has 15 heavy (non-hydrogen) atoms. The first kappa shape index (κ1) is 10.6. The van der Waals surface area contributed by atoms with Gasteiger partial charge in [0, 0.05) is 0 Å². The van der Waals surface area contributed by atoms with Crippen molar-refractivity contribution in [3.05, 3.63) is 34.9 Å². The molecule has 0 saturated carbocycles. The molecule has 0 fully saturated rings. The first-order chi connectivity index (χ1) is 6.90. The molecular formula is C12H14F2O. The van der Waals surface area contributed by atoms with Crippen molar-refractivity contribution in [3.8, 4) is 0 Å². The van der Waals surface area contributed by atoms with Crippen LogP contribution in [-0.4, -0.2) is 11.2 Å². The Labute approximate surface area is 87.7 Å². The lowest BCUT2D eigenvalue weighted by Crippen LogP contribution is -2.33. The van der Waals surface area contributed by atoms with Crippen LogP contribution in [0.25, 0.3) is 0 Å². The number of aliphatic hydroxyl groups excluding tert-OH is 1. The lowest BCUT2D eigenvalue weighted by molar-refractivity contribution is 0.127. The largest absolute Gasteiger partial charge is 0.393 e. The van der Waals surface area contributed by atoms with Crippen molar-refractivity contribution in [1.29, 1.82) is 0 Å². The van der Waals surface area contributed by atoms with Crippen LogP contribution in [0.4, 0.5) is 8.78 Å². The number of rotatable bonds is 0. The average molecular weight is 212 g/mol. The number of halogens is 2. The van der Waals surface area contributed by atoms with E-state index in [1.165, 1.54) is 12.1 Å². The summed E-state index contributed by atoms with van der Waals surface area (Å²) in [6, 6.07) is 2.46. The zero-order chi connectivity index (χ0) is 11.2. The predicted molar refractivity (Wildman–Crippen MR) is 53.7 cm³/mol. The zero-order valence-electron chi connectivity index (χ0n) is 8.85. The van der Waals surface area contributed by atoms with Crippen molar-refractivity contribution in [2.24, 2.45) is 0 Å². The molecule has 82 valence electrons. The van der Waals surface area contributed by atoms with Crippen LogP contribution in [-0.2, 0) is 11.8 Å². The molecule has 1 aromatic rings. The van der Waals surface area contributed by atoms with E-state index in [-0.39, 0.29) is 5.41 Å². The minimum Gasteiger partial charge on any atom is -0.393 e. The van der Waals surface area contributed by atoms with Gasteiger partial charge in [-0.05, 0) is 41.5 Å². The summed E-state index contributed by atoms with van der Waals surface area (Å²) in [5, 5.41) is 9.64. The van der Waals surface area contributed by atoms with E-state index in [9.17, 15) is 13.9 Å². The highest BCUT2D eigenvalue weighted by Gasteiger charge is 2.33. The van der Waals surface area contributed by atoms with Crippen LogP contribution < -0.4 is 0 Å². The Bertz CT molecular complexity index is 399. The van der Waals surface area contributed by atoms with Gasteiger partial charge in [0.25, 0.3) is 0 Å². The maximum Gasteiger partial charge on any atom is 0.159 e. The van der Waals surface area contributed by atoms with Gasteiger partial charge in [0.2, 0.25) is 0 Å². The minimum absolute atomic E-state index is 0.290. The fourth-order valence-corrected chi connectivity index (χ4v) is 2.41. The molecule has 1 N–H and O–H groups in total. The Balaban J connectivity index is 2.58. The second-order valence-electron chi connectivity index (χ2n) is 4.87. The molecule has 0 unspecified atom stereocenters. The molecule has 1 nitrogen and oxygen atoms in total. The van der Waals surface area contributed by atoms with Gasteiger partial charge in [-0.15, -0.1) is 0 Å². The minimum atomic E-state index is -0.835. The van der Waals surface area contributed by atoms with E-state index >= 15 is 0 Å². The Morgan fingerprint density at radius 3 is 2.53 bits per heavy atom. The summed E-state index contributed by atoms with van der Waals surface area (Å²) < 4.78 is 26.1. The molecule has 1 aromatic carbocycles. The first-order valence-corrected chi connectivity index (χ1v) is 5.06. The van der Waals surface area contributed by atoms with Crippen LogP contribution in [0.5, 0.6) is 0 Å². The van der Waals surface area contributed by atoms with E-state index in [1.54, 1.807) is 0 Å². The van der Waals surface area contributed by atoms with Gasteiger partial charge in [-0.1, -0.05) is 13.8 Å². The molecule has 0 aromatic heterocycles. The van der Waals surface area contributed by atoms with E-state index in [0.717, 1.165) is 11.1 Å². The fraction of sp³-hybridized carbons (Fsp3) is 0.500. The van der Waals surface area contributed by atoms with Gasteiger partial charge in [0.1, 0.15) is 0 Å². The summed E-state index contributed by atoms with van der Waals surface area (Å²) in [5.74, 6) is -1.64. The van der Waals surface area contributed by atoms with Crippen LogP contribution in [0.1, 0.15) is 31.4 Å².